The van der Waals surface area contributed by atoms with Gasteiger partial charge in [-0.15, -0.1) is 0 Å². The highest BCUT2D eigenvalue weighted by molar-refractivity contribution is 7.07. The lowest BCUT2D eigenvalue weighted by atomic mass is 10.0. The minimum atomic E-state index is -0.277. The Bertz CT molecular complexity index is 502. The highest BCUT2D eigenvalue weighted by Crippen LogP contribution is 2.20. The number of benzene rings is 1. The van der Waals surface area contributed by atoms with Gasteiger partial charge in [0.05, 0.1) is 0 Å². The van der Waals surface area contributed by atoms with E-state index in [2.05, 4.69) is 16.9 Å². The molecule has 0 radical (unpaired) electrons. The van der Waals surface area contributed by atoms with Crippen LogP contribution in [0, 0.1) is 5.82 Å². The van der Waals surface area contributed by atoms with Gasteiger partial charge < -0.3 is 0 Å². The number of halogens is 2. The van der Waals surface area contributed by atoms with Crippen LogP contribution in [0.25, 0.3) is 0 Å². The minimum absolute atomic E-state index is 0.0406. The molecule has 2 aromatic rings. The summed E-state index contributed by atoms with van der Waals surface area (Å²) in [6.45, 7) is 0. The third kappa shape index (κ3) is 3.53. The predicted octanol–water partition coefficient (Wildman–Crippen LogP) is 3.16. The molecule has 3 N–H and O–H groups in total. The summed E-state index contributed by atoms with van der Waals surface area (Å²) in [4.78, 5) is 0. The number of hydrogen-bond acceptors (Lipinski definition) is 3. The Kier molecular flexibility index (Phi) is 4.72. The summed E-state index contributed by atoms with van der Waals surface area (Å²) in [5.41, 5.74) is 4.75. The van der Waals surface area contributed by atoms with Crippen molar-refractivity contribution >= 4 is 22.9 Å². The van der Waals surface area contributed by atoms with E-state index < -0.39 is 0 Å². The lowest BCUT2D eigenvalue weighted by molar-refractivity contribution is 0.521. The highest BCUT2D eigenvalue weighted by Gasteiger charge is 2.12. The Hall–Kier alpha value is -0.940. The van der Waals surface area contributed by atoms with Gasteiger partial charge in [0.25, 0.3) is 0 Å². The Morgan fingerprint density at radius 3 is 2.83 bits per heavy atom. The van der Waals surface area contributed by atoms with Gasteiger partial charge in [0.15, 0.2) is 0 Å². The van der Waals surface area contributed by atoms with Gasteiger partial charge in [-0.05, 0) is 59.0 Å². The van der Waals surface area contributed by atoms with Gasteiger partial charge in [-0.25, -0.2) is 4.39 Å². The van der Waals surface area contributed by atoms with Crippen LogP contribution in [0.3, 0.4) is 0 Å². The highest BCUT2D eigenvalue weighted by atomic mass is 35.5. The molecule has 1 heterocycles. The van der Waals surface area contributed by atoms with E-state index in [1.807, 2.05) is 5.38 Å². The smallest absolute Gasteiger partial charge is 0.123 e. The minimum Gasteiger partial charge on any atom is -0.271 e. The quantitative estimate of drug-likeness (QED) is 0.654. The van der Waals surface area contributed by atoms with Crippen LogP contribution < -0.4 is 11.3 Å². The van der Waals surface area contributed by atoms with Crippen molar-refractivity contribution in [1.29, 1.82) is 0 Å². The van der Waals surface area contributed by atoms with Crippen molar-refractivity contribution in [2.24, 2.45) is 5.84 Å². The number of hydrogen-bond donors (Lipinski definition) is 2. The molecule has 0 aliphatic rings. The fourth-order valence-corrected chi connectivity index (χ4v) is 2.72. The fraction of sp³-hybridized carbons (Fsp3) is 0.231. The van der Waals surface area contributed by atoms with Crippen LogP contribution in [-0.2, 0) is 12.8 Å². The Balaban J connectivity index is 2.07. The molecule has 0 saturated heterocycles. The molecule has 5 heteroatoms. The van der Waals surface area contributed by atoms with Crippen LogP contribution in [0.15, 0.2) is 35.0 Å². The van der Waals surface area contributed by atoms with Gasteiger partial charge >= 0.3 is 0 Å². The average molecular weight is 285 g/mol. The van der Waals surface area contributed by atoms with Crippen LogP contribution >= 0.6 is 22.9 Å². The van der Waals surface area contributed by atoms with Gasteiger partial charge in [0, 0.05) is 11.1 Å². The molecule has 2 rings (SSSR count). The molecule has 1 aromatic carbocycles. The monoisotopic (exact) mass is 284 g/mol. The first kappa shape index (κ1) is 13.5. The van der Waals surface area contributed by atoms with Gasteiger partial charge in [0.1, 0.15) is 5.82 Å². The third-order valence-corrected chi connectivity index (χ3v) is 3.87. The molecule has 96 valence electrons. The molecule has 0 fully saturated rings. The summed E-state index contributed by atoms with van der Waals surface area (Å²) in [5, 5.41) is 4.68. The number of thiophene rings is 1. The SMILES string of the molecule is NNC(Cc1ccsc1)Cc1cc(F)ccc1Cl. The lowest BCUT2D eigenvalue weighted by Crippen LogP contribution is -2.38. The summed E-state index contributed by atoms with van der Waals surface area (Å²) in [6, 6.07) is 6.49. The molecular formula is C13H14ClFN2S. The van der Waals surface area contributed by atoms with E-state index >= 15 is 0 Å². The van der Waals surface area contributed by atoms with Crippen LogP contribution in [0.5, 0.6) is 0 Å². The standard InChI is InChI=1S/C13H14ClFN2S/c14-13-2-1-11(15)6-10(13)7-12(17-16)5-9-3-4-18-8-9/h1-4,6,8,12,17H,5,7,16H2. The van der Waals surface area contributed by atoms with Crippen LogP contribution in [-0.4, -0.2) is 6.04 Å². The molecule has 0 aliphatic carbocycles. The molecule has 0 spiro atoms. The maximum Gasteiger partial charge on any atom is 0.123 e. The molecule has 0 saturated carbocycles. The number of nitrogens with one attached hydrogen (secondary N) is 1. The summed E-state index contributed by atoms with van der Waals surface area (Å²) < 4.78 is 13.2. The van der Waals surface area contributed by atoms with E-state index in [0.717, 1.165) is 12.0 Å². The Morgan fingerprint density at radius 2 is 2.17 bits per heavy atom. The van der Waals surface area contributed by atoms with Gasteiger partial charge in [-0.1, -0.05) is 11.6 Å². The molecule has 1 atom stereocenters. The number of nitrogens with two attached hydrogens (primary N) is 1. The number of hydrazine groups is 1. The molecule has 0 amide bonds. The third-order valence-electron chi connectivity index (χ3n) is 2.77. The second-order valence-corrected chi connectivity index (χ2v) is 5.33. The molecule has 18 heavy (non-hydrogen) atoms. The summed E-state index contributed by atoms with van der Waals surface area (Å²) in [5.74, 6) is 5.26. The van der Waals surface area contributed by atoms with Crippen LogP contribution in [0.4, 0.5) is 4.39 Å². The Morgan fingerprint density at radius 1 is 1.33 bits per heavy atom. The first-order valence-electron chi connectivity index (χ1n) is 5.60. The van der Waals surface area contributed by atoms with Crippen molar-refractivity contribution in [3.8, 4) is 0 Å². The van der Waals surface area contributed by atoms with E-state index in [0.29, 0.717) is 11.4 Å². The summed E-state index contributed by atoms with van der Waals surface area (Å²) in [6.07, 6.45) is 1.40. The zero-order chi connectivity index (χ0) is 13.0. The van der Waals surface area contributed by atoms with Gasteiger partial charge in [-0.3, -0.25) is 11.3 Å². The normalized spacial score (nSPS) is 12.6. The molecule has 2 nitrogen and oxygen atoms in total. The molecule has 1 unspecified atom stereocenters. The zero-order valence-electron chi connectivity index (χ0n) is 9.70. The molecule has 1 aromatic heterocycles. The van der Waals surface area contributed by atoms with E-state index in [-0.39, 0.29) is 11.9 Å². The van der Waals surface area contributed by atoms with Crippen LogP contribution in [0.2, 0.25) is 5.02 Å². The van der Waals surface area contributed by atoms with E-state index in [4.69, 9.17) is 17.4 Å². The molecular weight excluding hydrogens is 271 g/mol. The van der Waals surface area contributed by atoms with Crippen LogP contribution in [0.1, 0.15) is 11.1 Å². The average Bonchev–Trinajstić information content (AvgIpc) is 2.85. The van der Waals surface area contributed by atoms with Crippen molar-refractivity contribution in [2.75, 3.05) is 0 Å². The largest absolute Gasteiger partial charge is 0.271 e. The van der Waals surface area contributed by atoms with Crippen molar-refractivity contribution in [3.63, 3.8) is 0 Å². The first-order chi connectivity index (χ1) is 8.69. The second-order valence-electron chi connectivity index (χ2n) is 4.14. The number of rotatable bonds is 5. The summed E-state index contributed by atoms with van der Waals surface area (Å²) in [7, 11) is 0. The Labute approximate surface area is 115 Å². The van der Waals surface area contributed by atoms with Crippen molar-refractivity contribution < 1.29 is 4.39 Å². The summed E-state index contributed by atoms with van der Waals surface area (Å²) >= 11 is 7.70. The van der Waals surface area contributed by atoms with Crippen molar-refractivity contribution in [2.45, 2.75) is 18.9 Å². The van der Waals surface area contributed by atoms with E-state index in [1.54, 1.807) is 17.4 Å². The first-order valence-corrected chi connectivity index (χ1v) is 6.92. The van der Waals surface area contributed by atoms with Gasteiger partial charge in [-0.2, -0.15) is 11.3 Å². The van der Waals surface area contributed by atoms with E-state index in [1.165, 1.54) is 17.7 Å². The van der Waals surface area contributed by atoms with Crippen molar-refractivity contribution in [1.82, 2.24) is 5.43 Å². The zero-order valence-corrected chi connectivity index (χ0v) is 11.3. The lowest BCUT2D eigenvalue weighted by Gasteiger charge is -2.16. The maximum absolute atomic E-state index is 13.2. The topological polar surface area (TPSA) is 38.0 Å². The second kappa shape index (κ2) is 6.29. The van der Waals surface area contributed by atoms with E-state index in [9.17, 15) is 4.39 Å². The maximum atomic E-state index is 13.2. The van der Waals surface area contributed by atoms with Gasteiger partial charge in [0.2, 0.25) is 0 Å². The fourth-order valence-electron chi connectivity index (χ4n) is 1.85. The predicted molar refractivity (Wildman–Crippen MR) is 74.2 cm³/mol. The van der Waals surface area contributed by atoms with Crippen molar-refractivity contribution in [3.05, 3.63) is 57.0 Å². The molecule has 0 aliphatic heterocycles. The molecule has 0 bridgehead atoms.